The van der Waals surface area contributed by atoms with Crippen LogP contribution in [0.5, 0.6) is 0 Å². The number of rotatable bonds is 1. The predicted octanol–water partition coefficient (Wildman–Crippen LogP) is 2.41. The summed E-state index contributed by atoms with van der Waals surface area (Å²) in [7, 11) is 0. The van der Waals surface area contributed by atoms with Crippen LogP contribution in [0.2, 0.25) is 0 Å². The normalized spacial score (nSPS) is 51.2. The molecule has 2 N–H and O–H groups in total. The molecule has 0 saturated heterocycles. The quantitative estimate of drug-likeness (QED) is 0.637. The molecule has 2 saturated carbocycles. The molecule has 3 unspecified atom stereocenters. The molecule has 0 spiro atoms. The SMILES string of the molecule is CC1C2(CN)CCC12C(C)(C)C. The molecular weight excluding hydrogens is 146 g/mol. The van der Waals surface area contributed by atoms with E-state index in [2.05, 4.69) is 27.7 Å². The summed E-state index contributed by atoms with van der Waals surface area (Å²) in [5.74, 6) is 0.870. The first-order valence-corrected chi connectivity index (χ1v) is 5.12. The fourth-order valence-corrected chi connectivity index (χ4v) is 4.28. The molecule has 70 valence electrons. The molecule has 1 nitrogen and oxygen atoms in total. The van der Waals surface area contributed by atoms with Gasteiger partial charge in [-0.1, -0.05) is 27.7 Å². The van der Waals surface area contributed by atoms with E-state index < -0.39 is 0 Å². The van der Waals surface area contributed by atoms with Crippen LogP contribution in [-0.4, -0.2) is 6.54 Å². The minimum absolute atomic E-state index is 0.462. The van der Waals surface area contributed by atoms with Gasteiger partial charge in [0.1, 0.15) is 0 Å². The highest BCUT2D eigenvalue weighted by Gasteiger charge is 2.82. The van der Waals surface area contributed by atoms with E-state index in [1.165, 1.54) is 12.8 Å². The van der Waals surface area contributed by atoms with Gasteiger partial charge in [-0.2, -0.15) is 0 Å². The Kier molecular flexibility index (Phi) is 1.35. The fourth-order valence-electron chi connectivity index (χ4n) is 4.28. The van der Waals surface area contributed by atoms with Crippen LogP contribution in [0.1, 0.15) is 40.5 Å². The molecule has 0 aromatic carbocycles. The standard InChI is InChI=1S/C11H21N/c1-8-10(7-12)5-6-11(8,10)9(2,3)4/h8H,5-7,12H2,1-4H3. The zero-order chi connectivity index (χ0) is 9.20. The zero-order valence-corrected chi connectivity index (χ0v) is 8.78. The van der Waals surface area contributed by atoms with Gasteiger partial charge in [0.15, 0.2) is 0 Å². The second-order valence-corrected chi connectivity index (χ2v) is 5.80. The maximum Gasteiger partial charge on any atom is -0.00121 e. The summed E-state index contributed by atoms with van der Waals surface area (Å²) >= 11 is 0. The topological polar surface area (TPSA) is 26.0 Å². The summed E-state index contributed by atoms with van der Waals surface area (Å²) in [5.41, 5.74) is 7.50. The van der Waals surface area contributed by atoms with Gasteiger partial charge < -0.3 is 5.73 Å². The molecule has 2 rings (SSSR count). The van der Waals surface area contributed by atoms with E-state index in [1.54, 1.807) is 0 Å². The number of fused-ring (bicyclic) bond motifs is 1. The van der Waals surface area contributed by atoms with Gasteiger partial charge in [-0.3, -0.25) is 0 Å². The van der Waals surface area contributed by atoms with Crippen LogP contribution < -0.4 is 5.73 Å². The summed E-state index contributed by atoms with van der Waals surface area (Å²) < 4.78 is 0. The van der Waals surface area contributed by atoms with E-state index in [9.17, 15) is 0 Å². The van der Waals surface area contributed by atoms with Gasteiger partial charge >= 0.3 is 0 Å². The minimum Gasteiger partial charge on any atom is -0.330 e. The molecule has 0 aromatic heterocycles. The summed E-state index contributed by atoms with van der Waals surface area (Å²) in [4.78, 5) is 0. The van der Waals surface area contributed by atoms with Crippen LogP contribution in [0.4, 0.5) is 0 Å². The van der Waals surface area contributed by atoms with E-state index in [-0.39, 0.29) is 0 Å². The lowest BCUT2D eigenvalue weighted by atomic mass is 9.61. The second-order valence-electron chi connectivity index (χ2n) is 5.80. The predicted molar refractivity (Wildman–Crippen MR) is 51.8 cm³/mol. The average Bonchev–Trinajstić information content (AvgIpc) is 2.20. The summed E-state index contributed by atoms with van der Waals surface area (Å²) in [6, 6.07) is 0. The maximum atomic E-state index is 5.88. The van der Waals surface area contributed by atoms with Crippen LogP contribution in [-0.2, 0) is 0 Å². The van der Waals surface area contributed by atoms with Crippen molar-refractivity contribution >= 4 is 0 Å². The van der Waals surface area contributed by atoms with Gasteiger partial charge in [0.2, 0.25) is 0 Å². The Morgan fingerprint density at radius 3 is 2.00 bits per heavy atom. The summed E-state index contributed by atoms with van der Waals surface area (Å²) in [6.45, 7) is 10.4. The van der Waals surface area contributed by atoms with Crippen LogP contribution in [0.3, 0.4) is 0 Å². The summed E-state index contributed by atoms with van der Waals surface area (Å²) in [6.07, 6.45) is 2.79. The van der Waals surface area contributed by atoms with Gasteiger partial charge in [-0.05, 0) is 41.5 Å². The molecule has 12 heavy (non-hydrogen) atoms. The van der Waals surface area contributed by atoms with E-state index in [4.69, 9.17) is 5.73 Å². The van der Waals surface area contributed by atoms with Crippen LogP contribution in [0, 0.1) is 22.2 Å². The Hall–Kier alpha value is -0.0400. The third-order valence-corrected chi connectivity index (χ3v) is 5.04. The smallest absolute Gasteiger partial charge is 0.00121 e. The molecule has 0 radical (unpaired) electrons. The molecule has 0 aliphatic heterocycles. The van der Waals surface area contributed by atoms with Crippen molar-refractivity contribution in [3.05, 3.63) is 0 Å². The first kappa shape index (κ1) is 8.55. The summed E-state index contributed by atoms with van der Waals surface area (Å²) in [5, 5.41) is 0. The lowest BCUT2D eigenvalue weighted by Gasteiger charge is -2.44. The lowest BCUT2D eigenvalue weighted by molar-refractivity contribution is 0.0562. The van der Waals surface area contributed by atoms with Gasteiger partial charge in [0.25, 0.3) is 0 Å². The third kappa shape index (κ3) is 0.555. The highest BCUT2D eigenvalue weighted by atomic mass is 14.9. The Morgan fingerprint density at radius 2 is 1.92 bits per heavy atom. The van der Waals surface area contributed by atoms with Crippen LogP contribution in [0.15, 0.2) is 0 Å². The minimum atomic E-state index is 0.462. The Balaban J connectivity index is 2.28. The Bertz CT molecular complexity index is 212. The molecule has 1 heteroatoms. The fraction of sp³-hybridized carbons (Fsp3) is 1.00. The average molecular weight is 167 g/mol. The van der Waals surface area contributed by atoms with Crippen LogP contribution >= 0.6 is 0 Å². The van der Waals surface area contributed by atoms with E-state index in [0.717, 1.165) is 12.5 Å². The largest absolute Gasteiger partial charge is 0.330 e. The van der Waals surface area contributed by atoms with Crippen molar-refractivity contribution in [1.82, 2.24) is 0 Å². The molecule has 2 aliphatic rings. The zero-order valence-electron chi connectivity index (χ0n) is 8.78. The van der Waals surface area contributed by atoms with E-state index >= 15 is 0 Å². The molecule has 2 aliphatic carbocycles. The Morgan fingerprint density at radius 1 is 1.33 bits per heavy atom. The number of nitrogens with two attached hydrogens (primary N) is 1. The maximum absolute atomic E-state index is 5.88. The van der Waals surface area contributed by atoms with E-state index in [1.807, 2.05) is 0 Å². The highest BCUT2D eigenvalue weighted by Crippen LogP contribution is 2.86. The molecule has 3 atom stereocenters. The molecule has 0 heterocycles. The second kappa shape index (κ2) is 1.89. The third-order valence-electron chi connectivity index (χ3n) is 5.04. The molecule has 2 fully saturated rings. The number of hydrogen-bond acceptors (Lipinski definition) is 1. The Labute approximate surface area is 75.7 Å². The first-order valence-electron chi connectivity index (χ1n) is 5.12. The monoisotopic (exact) mass is 167 g/mol. The van der Waals surface area contributed by atoms with Crippen molar-refractivity contribution in [2.75, 3.05) is 6.54 Å². The van der Waals surface area contributed by atoms with Crippen molar-refractivity contribution in [1.29, 1.82) is 0 Å². The van der Waals surface area contributed by atoms with Crippen molar-refractivity contribution in [3.8, 4) is 0 Å². The van der Waals surface area contributed by atoms with Crippen molar-refractivity contribution in [2.45, 2.75) is 40.5 Å². The van der Waals surface area contributed by atoms with Gasteiger partial charge in [-0.15, -0.1) is 0 Å². The molecule has 0 bridgehead atoms. The molecule has 0 aromatic rings. The van der Waals surface area contributed by atoms with Crippen molar-refractivity contribution in [3.63, 3.8) is 0 Å². The number of hydrogen-bond donors (Lipinski definition) is 1. The lowest BCUT2D eigenvalue weighted by Crippen LogP contribution is -2.40. The molecular formula is C11H21N. The van der Waals surface area contributed by atoms with Gasteiger partial charge in [0, 0.05) is 0 Å². The highest BCUT2D eigenvalue weighted by molar-refractivity contribution is 5.30. The van der Waals surface area contributed by atoms with E-state index in [0.29, 0.717) is 16.2 Å². The van der Waals surface area contributed by atoms with Crippen molar-refractivity contribution < 1.29 is 0 Å². The first-order chi connectivity index (χ1) is 5.42. The molecule has 0 amide bonds. The van der Waals surface area contributed by atoms with Gasteiger partial charge in [0.05, 0.1) is 0 Å². The van der Waals surface area contributed by atoms with Gasteiger partial charge in [-0.25, -0.2) is 0 Å². The van der Waals surface area contributed by atoms with Crippen molar-refractivity contribution in [2.24, 2.45) is 27.9 Å². The van der Waals surface area contributed by atoms with Crippen LogP contribution in [0.25, 0.3) is 0 Å².